The van der Waals surface area contributed by atoms with Crippen LogP contribution in [0.3, 0.4) is 0 Å². The first-order valence-electron chi connectivity index (χ1n) is 7.13. The number of aryl methyl sites for hydroxylation is 1. The molecular formula is C17H16N3O2S-. The monoisotopic (exact) mass is 326 g/mol. The molecule has 0 radical (unpaired) electrons. The van der Waals surface area contributed by atoms with Crippen molar-refractivity contribution < 1.29 is 9.90 Å². The molecule has 2 aromatic heterocycles. The molecule has 1 aromatic carbocycles. The van der Waals surface area contributed by atoms with Gasteiger partial charge in [0.05, 0.1) is 11.7 Å². The Morgan fingerprint density at radius 2 is 1.96 bits per heavy atom. The van der Waals surface area contributed by atoms with Crippen LogP contribution >= 0.6 is 11.3 Å². The molecule has 3 aromatic rings. The maximum atomic E-state index is 10.7. The third kappa shape index (κ3) is 2.98. The van der Waals surface area contributed by atoms with Gasteiger partial charge in [0.1, 0.15) is 0 Å². The summed E-state index contributed by atoms with van der Waals surface area (Å²) in [5.41, 5.74) is 5.38. The summed E-state index contributed by atoms with van der Waals surface area (Å²) in [7, 11) is 2.04. The van der Waals surface area contributed by atoms with Crippen molar-refractivity contribution in [2.75, 3.05) is 5.32 Å². The number of nitrogens with one attached hydrogen (secondary N) is 1. The van der Waals surface area contributed by atoms with Gasteiger partial charge in [0.15, 0.2) is 5.13 Å². The molecule has 118 valence electrons. The maximum Gasteiger partial charge on any atom is 0.187 e. The van der Waals surface area contributed by atoms with E-state index in [4.69, 9.17) is 0 Å². The van der Waals surface area contributed by atoms with Gasteiger partial charge < -0.3 is 19.8 Å². The number of anilines is 2. The Morgan fingerprint density at radius 3 is 2.52 bits per heavy atom. The molecule has 0 aliphatic rings. The van der Waals surface area contributed by atoms with Crippen LogP contribution in [-0.4, -0.2) is 15.5 Å². The summed E-state index contributed by atoms with van der Waals surface area (Å²) in [6.45, 7) is 4.15. The van der Waals surface area contributed by atoms with Crippen LogP contribution in [0.25, 0.3) is 11.3 Å². The summed E-state index contributed by atoms with van der Waals surface area (Å²) in [4.78, 5) is 15.4. The van der Waals surface area contributed by atoms with E-state index in [1.165, 1.54) is 34.9 Å². The van der Waals surface area contributed by atoms with Crippen molar-refractivity contribution in [3.63, 3.8) is 0 Å². The largest absolute Gasteiger partial charge is 0.545 e. The molecule has 6 heteroatoms. The number of aromatic carboxylic acids is 1. The van der Waals surface area contributed by atoms with E-state index in [1.54, 1.807) is 12.1 Å². The van der Waals surface area contributed by atoms with E-state index in [-0.39, 0.29) is 5.56 Å². The molecule has 0 saturated heterocycles. The van der Waals surface area contributed by atoms with E-state index in [2.05, 4.69) is 34.8 Å². The summed E-state index contributed by atoms with van der Waals surface area (Å²) in [6, 6.07) is 8.55. The van der Waals surface area contributed by atoms with Gasteiger partial charge in [-0.15, -0.1) is 11.3 Å². The van der Waals surface area contributed by atoms with Gasteiger partial charge in [-0.05, 0) is 37.6 Å². The number of nitrogens with zero attached hydrogens (tertiary/aromatic N) is 2. The lowest BCUT2D eigenvalue weighted by Crippen LogP contribution is -2.21. The molecule has 0 aliphatic carbocycles. The average molecular weight is 326 g/mol. The number of benzene rings is 1. The number of carbonyl (C=O) groups excluding carboxylic acids is 1. The highest BCUT2D eigenvalue weighted by Crippen LogP contribution is 2.30. The quantitative estimate of drug-likeness (QED) is 0.800. The third-order valence-corrected chi connectivity index (χ3v) is 4.68. The van der Waals surface area contributed by atoms with Crippen LogP contribution in [0, 0.1) is 13.8 Å². The molecule has 23 heavy (non-hydrogen) atoms. The first-order valence-corrected chi connectivity index (χ1v) is 8.01. The van der Waals surface area contributed by atoms with Crippen LogP contribution in [0.1, 0.15) is 21.7 Å². The molecule has 5 nitrogen and oxygen atoms in total. The fourth-order valence-electron chi connectivity index (χ4n) is 2.38. The Hall–Kier alpha value is -2.60. The molecule has 3 rings (SSSR count). The van der Waals surface area contributed by atoms with Crippen molar-refractivity contribution in [2.24, 2.45) is 7.05 Å². The number of thiazole rings is 1. The second kappa shape index (κ2) is 5.89. The Bertz CT molecular complexity index is 863. The minimum absolute atomic E-state index is 0.158. The predicted molar refractivity (Wildman–Crippen MR) is 90.1 cm³/mol. The minimum Gasteiger partial charge on any atom is -0.545 e. The molecule has 0 aliphatic heterocycles. The minimum atomic E-state index is -1.18. The molecule has 2 heterocycles. The molecule has 0 amide bonds. The van der Waals surface area contributed by atoms with Gasteiger partial charge in [0, 0.05) is 35.1 Å². The number of hydrogen-bond acceptors (Lipinski definition) is 5. The lowest BCUT2D eigenvalue weighted by Gasteiger charge is -2.05. The average Bonchev–Trinajstić information content (AvgIpc) is 3.08. The highest BCUT2D eigenvalue weighted by molar-refractivity contribution is 7.14. The lowest BCUT2D eigenvalue weighted by atomic mass is 10.2. The first kappa shape index (κ1) is 15.3. The van der Waals surface area contributed by atoms with E-state index in [1.807, 2.05) is 12.4 Å². The molecule has 0 saturated carbocycles. The summed E-state index contributed by atoms with van der Waals surface area (Å²) in [6.07, 6.45) is 0. The summed E-state index contributed by atoms with van der Waals surface area (Å²) >= 11 is 1.51. The molecule has 0 fully saturated rings. The molecule has 0 bridgehead atoms. The molecule has 0 atom stereocenters. The number of carboxylic acid groups (broad SMARTS) is 1. The first-order chi connectivity index (χ1) is 11.0. The van der Waals surface area contributed by atoms with E-state index < -0.39 is 5.97 Å². The van der Waals surface area contributed by atoms with Gasteiger partial charge in [-0.1, -0.05) is 12.1 Å². The summed E-state index contributed by atoms with van der Waals surface area (Å²) in [5.74, 6) is -1.18. The van der Waals surface area contributed by atoms with Gasteiger partial charge in [0.25, 0.3) is 0 Å². The molecule has 0 spiro atoms. The standard InChI is InChI=1S/C17H17N3O2S/c1-10-8-14(11(2)20(10)3)15-9-23-17(19-15)18-13-6-4-12(5-7-13)16(21)22/h4-9H,1-3H3,(H,18,19)(H,21,22)/p-1. The lowest BCUT2D eigenvalue weighted by molar-refractivity contribution is -0.255. The topological polar surface area (TPSA) is 70.0 Å². The zero-order chi connectivity index (χ0) is 16.6. The highest BCUT2D eigenvalue weighted by Gasteiger charge is 2.12. The molecule has 0 unspecified atom stereocenters. The molecular weight excluding hydrogens is 310 g/mol. The van der Waals surface area contributed by atoms with Crippen LogP contribution in [0.5, 0.6) is 0 Å². The SMILES string of the molecule is Cc1cc(-c2csc(Nc3ccc(C(=O)[O-])cc3)n2)c(C)n1C. The van der Waals surface area contributed by atoms with Crippen molar-refractivity contribution in [1.82, 2.24) is 9.55 Å². The van der Waals surface area contributed by atoms with Gasteiger partial charge >= 0.3 is 0 Å². The Labute approximate surface area is 138 Å². The van der Waals surface area contributed by atoms with Crippen LogP contribution in [0.4, 0.5) is 10.8 Å². The molecule has 1 N–H and O–H groups in total. The van der Waals surface area contributed by atoms with Crippen LogP contribution < -0.4 is 10.4 Å². The van der Waals surface area contributed by atoms with Crippen molar-refractivity contribution >= 4 is 28.1 Å². The normalized spacial score (nSPS) is 10.7. The number of rotatable bonds is 4. The van der Waals surface area contributed by atoms with Gasteiger partial charge in [-0.2, -0.15) is 0 Å². The Kier molecular flexibility index (Phi) is 3.92. The number of carbonyl (C=O) groups is 1. The van der Waals surface area contributed by atoms with Gasteiger partial charge in [-0.25, -0.2) is 4.98 Å². The summed E-state index contributed by atoms with van der Waals surface area (Å²) in [5, 5.41) is 16.7. The maximum absolute atomic E-state index is 10.7. The van der Waals surface area contributed by atoms with Crippen molar-refractivity contribution in [2.45, 2.75) is 13.8 Å². The van der Waals surface area contributed by atoms with Gasteiger partial charge in [0.2, 0.25) is 0 Å². The van der Waals surface area contributed by atoms with E-state index >= 15 is 0 Å². The second-order valence-electron chi connectivity index (χ2n) is 5.37. The van der Waals surface area contributed by atoms with Crippen LogP contribution in [0.2, 0.25) is 0 Å². The van der Waals surface area contributed by atoms with E-state index in [0.717, 1.165) is 22.1 Å². The van der Waals surface area contributed by atoms with Crippen LogP contribution in [-0.2, 0) is 7.05 Å². The zero-order valence-corrected chi connectivity index (χ0v) is 13.9. The van der Waals surface area contributed by atoms with Crippen molar-refractivity contribution in [1.29, 1.82) is 0 Å². The third-order valence-electron chi connectivity index (χ3n) is 3.93. The van der Waals surface area contributed by atoms with Crippen LogP contribution in [0.15, 0.2) is 35.7 Å². The Balaban J connectivity index is 1.82. The zero-order valence-electron chi connectivity index (χ0n) is 13.1. The van der Waals surface area contributed by atoms with Gasteiger partial charge in [-0.3, -0.25) is 0 Å². The van der Waals surface area contributed by atoms with Crippen molar-refractivity contribution in [3.8, 4) is 11.3 Å². The number of carboxylic acids is 1. The van der Waals surface area contributed by atoms with E-state index in [9.17, 15) is 9.90 Å². The number of hydrogen-bond donors (Lipinski definition) is 1. The highest BCUT2D eigenvalue weighted by atomic mass is 32.1. The fraction of sp³-hybridized carbons (Fsp3) is 0.176. The van der Waals surface area contributed by atoms with Crippen molar-refractivity contribution in [3.05, 3.63) is 52.7 Å². The second-order valence-corrected chi connectivity index (χ2v) is 6.23. The fourth-order valence-corrected chi connectivity index (χ4v) is 3.11. The summed E-state index contributed by atoms with van der Waals surface area (Å²) < 4.78 is 2.14. The smallest absolute Gasteiger partial charge is 0.187 e. The van der Waals surface area contributed by atoms with E-state index in [0.29, 0.717) is 0 Å². The Morgan fingerprint density at radius 1 is 1.26 bits per heavy atom. The number of aromatic nitrogens is 2. The predicted octanol–water partition coefficient (Wildman–Crippen LogP) is 2.87.